The summed E-state index contributed by atoms with van der Waals surface area (Å²) >= 11 is 0. The molecule has 2 aromatic carbocycles. The molecule has 3 aliphatic heterocycles. The van der Waals surface area contributed by atoms with Gasteiger partial charge in [0.25, 0.3) is 0 Å². The van der Waals surface area contributed by atoms with Crippen molar-refractivity contribution in [3.8, 4) is 11.4 Å². The fourth-order valence-corrected chi connectivity index (χ4v) is 8.55. The number of nitrogens with zero attached hydrogens (tertiary/aromatic N) is 9. The smallest absolute Gasteiger partial charge is 0.329 e. The van der Waals surface area contributed by atoms with Gasteiger partial charge in [-0.05, 0) is 92.4 Å². The predicted molar refractivity (Wildman–Crippen MR) is 212 cm³/mol. The van der Waals surface area contributed by atoms with Gasteiger partial charge in [-0.2, -0.15) is 5.10 Å². The van der Waals surface area contributed by atoms with Crippen molar-refractivity contribution in [2.24, 2.45) is 7.05 Å². The van der Waals surface area contributed by atoms with E-state index in [9.17, 15) is 18.8 Å². The number of anilines is 3. The maximum Gasteiger partial charge on any atom is 0.329 e. The third-order valence-electron chi connectivity index (χ3n) is 11.4. The molecule has 56 heavy (non-hydrogen) atoms. The van der Waals surface area contributed by atoms with Crippen LogP contribution in [0, 0.1) is 5.82 Å². The van der Waals surface area contributed by atoms with Gasteiger partial charge in [-0.1, -0.05) is 18.2 Å². The first-order chi connectivity index (χ1) is 27.3. The average molecular weight is 758 g/mol. The monoisotopic (exact) mass is 757 g/mol. The van der Waals surface area contributed by atoms with Crippen molar-refractivity contribution in [1.82, 2.24) is 38.9 Å². The number of imide groups is 1. The van der Waals surface area contributed by atoms with Crippen LogP contribution in [0.2, 0.25) is 0 Å². The van der Waals surface area contributed by atoms with Gasteiger partial charge in [0, 0.05) is 64.6 Å². The molecule has 3 saturated heterocycles. The quantitative estimate of drug-likeness (QED) is 0.152. The molecule has 2 N–H and O–H groups in total. The number of piperazine rings is 1. The minimum absolute atomic E-state index is 0.0134. The van der Waals surface area contributed by atoms with E-state index >= 15 is 0 Å². The predicted octanol–water partition coefficient (Wildman–Crippen LogP) is 4.53. The summed E-state index contributed by atoms with van der Waals surface area (Å²) in [5, 5.41) is 10.5. The van der Waals surface area contributed by atoms with Crippen LogP contribution in [0.25, 0.3) is 28.1 Å². The lowest BCUT2D eigenvalue weighted by molar-refractivity contribution is -0.135. The van der Waals surface area contributed by atoms with Gasteiger partial charge >= 0.3 is 5.69 Å². The summed E-state index contributed by atoms with van der Waals surface area (Å²) < 4.78 is 19.2. The largest absolute Gasteiger partial charge is 0.385 e. The fraction of sp³-hybridized carbons (Fsp3) is 0.366. The van der Waals surface area contributed by atoms with E-state index < -0.39 is 11.9 Å². The fourth-order valence-electron chi connectivity index (χ4n) is 8.55. The van der Waals surface area contributed by atoms with Gasteiger partial charge in [-0.15, -0.1) is 0 Å². The highest BCUT2D eigenvalue weighted by molar-refractivity contribution is 6.00. The van der Waals surface area contributed by atoms with E-state index in [2.05, 4.69) is 42.6 Å². The second kappa shape index (κ2) is 14.9. The lowest BCUT2D eigenvalue weighted by Gasteiger charge is -2.35. The first-order valence-electron chi connectivity index (χ1n) is 19.4. The number of aryl methyl sites for hydroxylation is 1. The molecule has 1 unspecified atom stereocenters. The number of aromatic nitrogens is 6. The van der Waals surface area contributed by atoms with Crippen molar-refractivity contribution in [3.63, 3.8) is 0 Å². The third-order valence-corrected chi connectivity index (χ3v) is 11.4. The summed E-state index contributed by atoms with van der Waals surface area (Å²) in [5.74, 6) is 0.754. The Labute approximate surface area is 322 Å². The molecule has 9 rings (SSSR count). The number of fused-ring (bicyclic) bond motifs is 2. The summed E-state index contributed by atoms with van der Waals surface area (Å²) in [7, 11) is 1.70. The third kappa shape index (κ3) is 6.65. The number of carbonyl (C=O) groups is 2. The normalized spacial score (nSPS) is 19.3. The maximum absolute atomic E-state index is 14.3. The molecule has 2 amide bonds. The lowest BCUT2D eigenvalue weighted by atomic mass is 10.0. The summed E-state index contributed by atoms with van der Waals surface area (Å²) in [6.07, 6.45) is 5.12. The molecule has 3 fully saturated rings. The molecule has 0 bridgehead atoms. The number of hydrogen-bond acceptors (Lipinski definition) is 10. The molecule has 3 aliphatic rings. The minimum Gasteiger partial charge on any atom is -0.385 e. The highest BCUT2D eigenvalue weighted by atomic mass is 19.1. The van der Waals surface area contributed by atoms with Crippen LogP contribution in [0.5, 0.6) is 0 Å². The number of carbonyl (C=O) groups excluding carboxylic acids is 2. The number of hydrogen-bond donors (Lipinski definition) is 2. The average Bonchev–Trinajstić information content (AvgIpc) is 3.92. The molecule has 6 aromatic rings. The molecule has 0 aliphatic carbocycles. The highest BCUT2D eigenvalue weighted by Crippen LogP contribution is 2.41. The van der Waals surface area contributed by atoms with Gasteiger partial charge in [-0.25, -0.2) is 23.7 Å². The molecule has 0 spiro atoms. The zero-order chi connectivity index (χ0) is 38.3. The van der Waals surface area contributed by atoms with Crippen molar-refractivity contribution in [2.45, 2.75) is 44.2 Å². The van der Waals surface area contributed by atoms with E-state index in [1.807, 2.05) is 47.0 Å². The minimum atomic E-state index is -0.702. The number of halogens is 1. The molecular weight excluding hydrogens is 714 g/mol. The number of benzene rings is 2. The van der Waals surface area contributed by atoms with Gasteiger partial charge in [-0.3, -0.25) is 28.9 Å². The van der Waals surface area contributed by atoms with Gasteiger partial charge < -0.3 is 15.1 Å². The second-order valence-corrected chi connectivity index (χ2v) is 14.9. The lowest BCUT2D eigenvalue weighted by Crippen LogP contribution is -2.47. The number of rotatable bonds is 10. The highest BCUT2D eigenvalue weighted by Gasteiger charge is 2.33. The van der Waals surface area contributed by atoms with E-state index in [0.29, 0.717) is 11.9 Å². The Hall–Kier alpha value is -6.09. The standard InChI is InChI=1S/C41H44FN11O3/c1-48-34-26-29(13-14-32(34)52(41(48)56)33-15-16-37(54)47-40(33)55)43-17-6-19-49-21-23-50(24-22-49)35-11-3-9-30(45-35)38-39(46-36-12-4-18-44-53(36)38)51-20-5-10-31(51)27-7-2-8-28(42)25-27/h2-4,7-9,11-14,18,25-26,31,33,43H,5-6,10,15-17,19-24H2,1H3,(H,47,54,55)/t31-,33?/m1/s1. The van der Waals surface area contributed by atoms with Crippen LogP contribution in [0.3, 0.4) is 0 Å². The van der Waals surface area contributed by atoms with Crippen LogP contribution in [0.1, 0.15) is 49.8 Å². The Balaban J connectivity index is 0.835. The Morgan fingerprint density at radius 3 is 2.57 bits per heavy atom. The number of piperidine rings is 1. The van der Waals surface area contributed by atoms with Crippen molar-refractivity contribution in [3.05, 3.63) is 101 Å². The summed E-state index contributed by atoms with van der Waals surface area (Å²) in [5.41, 5.74) is 5.36. The van der Waals surface area contributed by atoms with E-state index in [4.69, 9.17) is 9.97 Å². The molecule has 0 radical (unpaired) electrons. The van der Waals surface area contributed by atoms with Crippen molar-refractivity contribution in [2.75, 3.05) is 60.9 Å². The van der Waals surface area contributed by atoms with E-state index in [-0.39, 0.29) is 29.9 Å². The molecule has 15 heteroatoms. The number of pyridine rings is 1. The summed E-state index contributed by atoms with van der Waals surface area (Å²) in [4.78, 5) is 54.7. The van der Waals surface area contributed by atoms with Crippen LogP contribution in [0.4, 0.5) is 21.7 Å². The van der Waals surface area contributed by atoms with Crippen molar-refractivity contribution >= 4 is 45.8 Å². The Morgan fingerprint density at radius 1 is 0.875 bits per heavy atom. The Morgan fingerprint density at radius 2 is 1.73 bits per heavy atom. The van der Waals surface area contributed by atoms with E-state index in [0.717, 1.165) is 111 Å². The molecule has 7 heterocycles. The maximum atomic E-state index is 14.3. The first-order valence-corrected chi connectivity index (χ1v) is 19.4. The van der Waals surface area contributed by atoms with Crippen LogP contribution in [0.15, 0.2) is 83.8 Å². The van der Waals surface area contributed by atoms with Gasteiger partial charge in [0.05, 0.1) is 22.8 Å². The zero-order valence-corrected chi connectivity index (χ0v) is 31.3. The van der Waals surface area contributed by atoms with Gasteiger partial charge in [0.15, 0.2) is 11.5 Å². The molecule has 288 valence electrons. The SMILES string of the molecule is Cn1c(=O)n(C2CCC(=O)NC2=O)c2ccc(NCCCN3CCN(c4cccc(-c5c(N6CCC[C@@H]6c6cccc(F)c6)nc6cccnn56)n4)CC3)cc21. The molecule has 4 aromatic heterocycles. The van der Waals surface area contributed by atoms with Gasteiger partial charge in [0.2, 0.25) is 11.8 Å². The van der Waals surface area contributed by atoms with Crippen LogP contribution in [-0.4, -0.2) is 91.2 Å². The molecule has 0 saturated carbocycles. The number of nitrogens with one attached hydrogen (secondary N) is 2. The Kier molecular flexibility index (Phi) is 9.45. The zero-order valence-electron chi connectivity index (χ0n) is 31.3. The molecule has 14 nitrogen and oxygen atoms in total. The van der Waals surface area contributed by atoms with Crippen molar-refractivity contribution in [1.29, 1.82) is 0 Å². The topological polar surface area (TPSA) is 138 Å². The van der Waals surface area contributed by atoms with Crippen LogP contribution in [-0.2, 0) is 16.6 Å². The second-order valence-electron chi connectivity index (χ2n) is 14.9. The summed E-state index contributed by atoms with van der Waals surface area (Å²) in [6.45, 7) is 6.06. The summed E-state index contributed by atoms with van der Waals surface area (Å²) in [6, 6.07) is 21.9. The first kappa shape index (κ1) is 35.6. The van der Waals surface area contributed by atoms with Gasteiger partial charge in [0.1, 0.15) is 23.4 Å². The van der Waals surface area contributed by atoms with Crippen LogP contribution >= 0.6 is 0 Å². The van der Waals surface area contributed by atoms with Crippen LogP contribution < -0.4 is 26.1 Å². The number of amides is 2. The van der Waals surface area contributed by atoms with E-state index in [1.165, 1.54) is 10.6 Å². The van der Waals surface area contributed by atoms with Crippen molar-refractivity contribution < 1.29 is 14.0 Å². The number of imidazole rings is 2. The molecular formula is C41H44FN11O3. The molecule has 2 atom stereocenters. The Bertz CT molecular complexity index is 2500. The van der Waals surface area contributed by atoms with E-state index in [1.54, 1.807) is 29.9 Å².